The summed E-state index contributed by atoms with van der Waals surface area (Å²) in [5.41, 5.74) is -4.15. The van der Waals surface area contributed by atoms with Crippen LogP contribution in [0.5, 0.6) is 11.5 Å². The largest absolute Gasteiger partial charge is 0.486 e. The Bertz CT molecular complexity index is 969. The number of halogens is 6. The summed E-state index contributed by atoms with van der Waals surface area (Å²) in [7, 11) is -4.49. The molecule has 0 saturated carbocycles. The van der Waals surface area contributed by atoms with Gasteiger partial charge in [-0.1, -0.05) is 0 Å². The number of ether oxygens (including phenoxy) is 2. The van der Waals surface area contributed by atoms with E-state index in [4.69, 9.17) is 9.47 Å². The van der Waals surface area contributed by atoms with E-state index in [1.807, 2.05) is 0 Å². The molecule has 0 saturated heterocycles. The van der Waals surface area contributed by atoms with Crippen LogP contribution in [-0.2, 0) is 22.4 Å². The lowest BCUT2D eigenvalue weighted by atomic mass is 10.1. The molecule has 0 aliphatic carbocycles. The number of hydrogen-bond donors (Lipinski definition) is 1. The smallest absolute Gasteiger partial charge is 0.416 e. The first-order valence-electron chi connectivity index (χ1n) is 7.58. The van der Waals surface area contributed by atoms with Crippen molar-refractivity contribution in [1.29, 1.82) is 0 Å². The van der Waals surface area contributed by atoms with E-state index in [1.165, 1.54) is 6.07 Å². The van der Waals surface area contributed by atoms with Crippen LogP contribution >= 0.6 is 0 Å². The molecule has 0 unspecified atom stereocenters. The Kier molecular flexibility index (Phi) is 4.86. The van der Waals surface area contributed by atoms with Gasteiger partial charge in [0.2, 0.25) is 0 Å². The minimum atomic E-state index is -5.10. The number of benzene rings is 2. The predicted octanol–water partition coefficient (Wildman–Crippen LogP) is 4.30. The Balaban J connectivity index is 2.00. The SMILES string of the molecule is O=S(=O)(Nc1cc(C(F)(F)F)cc(C(F)(F)F)c1)c1ccc2c(c1)OCCO2. The lowest BCUT2D eigenvalue weighted by Gasteiger charge is -2.19. The molecule has 152 valence electrons. The van der Waals surface area contributed by atoms with Crippen LogP contribution in [0, 0.1) is 0 Å². The molecule has 2 aromatic carbocycles. The highest BCUT2D eigenvalue weighted by Gasteiger charge is 2.37. The van der Waals surface area contributed by atoms with Gasteiger partial charge in [0.1, 0.15) is 13.2 Å². The second kappa shape index (κ2) is 6.76. The van der Waals surface area contributed by atoms with Crippen molar-refractivity contribution in [2.45, 2.75) is 17.2 Å². The predicted molar refractivity (Wildman–Crippen MR) is 84.7 cm³/mol. The van der Waals surface area contributed by atoms with Crippen LogP contribution in [-0.4, -0.2) is 21.6 Å². The molecule has 0 radical (unpaired) electrons. The number of anilines is 1. The van der Waals surface area contributed by atoms with E-state index in [0.717, 1.165) is 12.1 Å². The highest BCUT2D eigenvalue weighted by molar-refractivity contribution is 7.92. The quantitative estimate of drug-likeness (QED) is 0.743. The van der Waals surface area contributed by atoms with E-state index in [9.17, 15) is 34.8 Å². The first kappa shape index (κ1) is 20.1. The van der Waals surface area contributed by atoms with Crippen LogP contribution in [0.2, 0.25) is 0 Å². The summed E-state index contributed by atoms with van der Waals surface area (Å²) in [6.45, 7) is 0.411. The maximum Gasteiger partial charge on any atom is 0.416 e. The minimum Gasteiger partial charge on any atom is -0.486 e. The maximum atomic E-state index is 12.9. The molecule has 12 heteroatoms. The van der Waals surface area contributed by atoms with Gasteiger partial charge in [-0.2, -0.15) is 26.3 Å². The van der Waals surface area contributed by atoms with Crippen molar-refractivity contribution in [2.24, 2.45) is 0 Å². The summed E-state index contributed by atoms with van der Waals surface area (Å²) >= 11 is 0. The van der Waals surface area contributed by atoms with Gasteiger partial charge in [-0.3, -0.25) is 4.72 Å². The first-order valence-corrected chi connectivity index (χ1v) is 9.06. The van der Waals surface area contributed by atoms with Crippen LogP contribution in [0.3, 0.4) is 0 Å². The molecular weight excluding hydrogens is 416 g/mol. The molecule has 1 aliphatic heterocycles. The molecule has 28 heavy (non-hydrogen) atoms. The van der Waals surface area contributed by atoms with E-state index in [0.29, 0.717) is 0 Å². The van der Waals surface area contributed by atoms with E-state index in [1.54, 1.807) is 4.72 Å². The standard InChI is InChI=1S/C16H11F6NO4S/c17-15(18,19)9-5-10(16(20,21)22)7-11(6-9)23-28(24,25)12-1-2-13-14(8-12)27-4-3-26-13/h1-2,5-8,23H,3-4H2. The summed E-state index contributed by atoms with van der Waals surface area (Å²) in [5, 5.41) is 0. The van der Waals surface area contributed by atoms with Crippen LogP contribution in [0.15, 0.2) is 41.3 Å². The molecular formula is C16H11F6NO4S. The molecule has 1 aliphatic rings. The first-order chi connectivity index (χ1) is 12.9. The lowest BCUT2D eigenvalue weighted by molar-refractivity contribution is -0.143. The van der Waals surface area contributed by atoms with E-state index in [-0.39, 0.29) is 42.9 Å². The normalized spacial score (nSPS) is 14.6. The third kappa shape index (κ3) is 4.26. The molecule has 2 aromatic rings. The van der Waals surface area contributed by atoms with Gasteiger partial charge in [0.25, 0.3) is 10.0 Å². The molecule has 0 fully saturated rings. The van der Waals surface area contributed by atoms with Crippen molar-refractivity contribution in [3.63, 3.8) is 0 Å². The molecule has 1 N–H and O–H groups in total. The highest BCUT2D eigenvalue weighted by atomic mass is 32.2. The number of sulfonamides is 1. The van der Waals surface area contributed by atoms with Crippen molar-refractivity contribution in [2.75, 3.05) is 17.9 Å². The molecule has 0 spiro atoms. The van der Waals surface area contributed by atoms with Crippen molar-refractivity contribution in [3.8, 4) is 11.5 Å². The second-order valence-corrected chi connectivity index (χ2v) is 7.39. The average Bonchev–Trinajstić information content (AvgIpc) is 2.59. The van der Waals surface area contributed by atoms with E-state index < -0.39 is 44.1 Å². The Morgan fingerprint density at radius 1 is 0.786 bits per heavy atom. The van der Waals surface area contributed by atoms with Crippen molar-refractivity contribution in [3.05, 3.63) is 47.5 Å². The van der Waals surface area contributed by atoms with Crippen LogP contribution in [0.25, 0.3) is 0 Å². The summed E-state index contributed by atoms with van der Waals surface area (Å²) in [4.78, 5) is -0.414. The molecule has 0 amide bonds. The van der Waals surface area contributed by atoms with Gasteiger partial charge in [-0.05, 0) is 30.3 Å². The topological polar surface area (TPSA) is 64.6 Å². The molecule has 3 rings (SSSR count). The third-order valence-electron chi connectivity index (χ3n) is 3.66. The zero-order chi connectivity index (χ0) is 20.7. The minimum absolute atomic E-state index is 0.0918. The van der Waals surface area contributed by atoms with Crippen LogP contribution < -0.4 is 14.2 Å². The summed E-state index contributed by atoms with van der Waals surface area (Å²) < 4.78 is 115. The average molecular weight is 427 g/mol. The molecule has 0 bridgehead atoms. The van der Waals surface area contributed by atoms with Crippen molar-refractivity contribution >= 4 is 15.7 Å². The van der Waals surface area contributed by atoms with Crippen LogP contribution in [0.4, 0.5) is 32.0 Å². The highest BCUT2D eigenvalue weighted by Crippen LogP contribution is 2.38. The van der Waals surface area contributed by atoms with Gasteiger partial charge in [0.05, 0.1) is 21.7 Å². The van der Waals surface area contributed by atoms with Gasteiger partial charge < -0.3 is 9.47 Å². The number of rotatable bonds is 3. The number of nitrogens with one attached hydrogen (secondary N) is 1. The molecule has 1 heterocycles. The fourth-order valence-corrected chi connectivity index (χ4v) is 3.47. The van der Waals surface area contributed by atoms with Crippen molar-refractivity contribution in [1.82, 2.24) is 0 Å². The number of hydrogen-bond acceptors (Lipinski definition) is 4. The summed E-state index contributed by atoms with van der Waals surface area (Å²) in [6.07, 6.45) is -10.2. The maximum absolute atomic E-state index is 12.9. The monoisotopic (exact) mass is 427 g/mol. The fourth-order valence-electron chi connectivity index (χ4n) is 2.42. The number of alkyl halides is 6. The van der Waals surface area contributed by atoms with Crippen LogP contribution in [0.1, 0.15) is 11.1 Å². The second-order valence-electron chi connectivity index (χ2n) is 5.71. The lowest BCUT2D eigenvalue weighted by Crippen LogP contribution is -2.18. The van der Waals surface area contributed by atoms with E-state index in [2.05, 4.69) is 0 Å². The molecule has 0 atom stereocenters. The third-order valence-corrected chi connectivity index (χ3v) is 5.04. The number of fused-ring (bicyclic) bond motifs is 1. The summed E-state index contributed by atoms with van der Waals surface area (Å²) in [6, 6.07) is 3.90. The zero-order valence-corrected chi connectivity index (χ0v) is 14.5. The van der Waals surface area contributed by atoms with Gasteiger partial charge in [0, 0.05) is 6.07 Å². The molecule has 5 nitrogen and oxygen atoms in total. The Labute approximate surface area is 154 Å². The van der Waals surface area contributed by atoms with Gasteiger partial charge in [-0.25, -0.2) is 8.42 Å². The molecule has 0 aromatic heterocycles. The summed E-state index contributed by atoms with van der Waals surface area (Å²) in [5.74, 6) is 0.359. The van der Waals surface area contributed by atoms with Crippen molar-refractivity contribution < 1.29 is 44.2 Å². The fraction of sp³-hybridized carbons (Fsp3) is 0.250. The zero-order valence-electron chi connectivity index (χ0n) is 13.7. The Morgan fingerprint density at radius 3 is 1.86 bits per heavy atom. The van der Waals surface area contributed by atoms with Gasteiger partial charge in [-0.15, -0.1) is 0 Å². The van der Waals surface area contributed by atoms with E-state index >= 15 is 0 Å². The van der Waals surface area contributed by atoms with Gasteiger partial charge >= 0.3 is 12.4 Å². The Morgan fingerprint density at radius 2 is 1.32 bits per heavy atom. The van der Waals surface area contributed by atoms with Gasteiger partial charge in [0.15, 0.2) is 11.5 Å². The Hall–Kier alpha value is -2.63.